The Bertz CT molecular complexity index is 1410. The number of fused-ring (bicyclic) bond motifs is 1. The molecule has 0 aliphatic heterocycles. The summed E-state index contributed by atoms with van der Waals surface area (Å²) in [5.41, 5.74) is 1.26. The first-order valence-corrected chi connectivity index (χ1v) is 12.5. The highest BCUT2D eigenvalue weighted by Gasteiger charge is 2.24. The van der Waals surface area contributed by atoms with Gasteiger partial charge in [0, 0.05) is 19.9 Å². The van der Waals surface area contributed by atoms with Crippen LogP contribution in [0.4, 0.5) is 17.6 Å². The predicted octanol–water partition coefficient (Wildman–Crippen LogP) is 2.78. The summed E-state index contributed by atoms with van der Waals surface area (Å²) >= 11 is 0. The van der Waals surface area contributed by atoms with E-state index >= 15 is 0 Å². The molecule has 0 radical (unpaired) electrons. The van der Waals surface area contributed by atoms with Gasteiger partial charge in [-0.3, -0.25) is 0 Å². The van der Waals surface area contributed by atoms with E-state index in [1.54, 1.807) is 48.3 Å². The standard InChI is InChI=1S/C22H26N8O3S/c1-15-3-7-17(8-4-15)34(31,32)30-10-9-18-20(23-13-16-5-6-16)25-22(26-21(18)30)24-19-14-29(28-27-19)11-12-33-2/h3-4,7-10,14,16H,5-6,11-13H2,1-2H3,(H2,23,24,25,26). The molecule has 1 saturated carbocycles. The smallest absolute Gasteiger partial charge is 0.269 e. The maximum Gasteiger partial charge on any atom is 0.269 e. The highest BCUT2D eigenvalue weighted by atomic mass is 32.2. The van der Waals surface area contributed by atoms with Crippen molar-refractivity contribution in [3.63, 3.8) is 0 Å². The van der Waals surface area contributed by atoms with E-state index in [4.69, 9.17) is 4.74 Å². The summed E-state index contributed by atoms with van der Waals surface area (Å²) in [4.78, 5) is 9.33. The van der Waals surface area contributed by atoms with Gasteiger partial charge >= 0.3 is 0 Å². The van der Waals surface area contributed by atoms with Crippen LogP contribution in [-0.2, 0) is 21.3 Å². The zero-order chi connectivity index (χ0) is 23.7. The van der Waals surface area contributed by atoms with E-state index in [1.165, 1.54) is 23.0 Å². The Morgan fingerprint density at radius 1 is 1.15 bits per heavy atom. The molecule has 11 nitrogen and oxygen atoms in total. The minimum absolute atomic E-state index is 0.192. The first-order chi connectivity index (χ1) is 16.4. The number of nitrogens with zero attached hydrogens (tertiary/aromatic N) is 6. The van der Waals surface area contributed by atoms with Crippen LogP contribution in [0.3, 0.4) is 0 Å². The Labute approximate surface area is 197 Å². The highest BCUT2D eigenvalue weighted by molar-refractivity contribution is 7.90. The molecule has 1 aliphatic rings. The second-order valence-electron chi connectivity index (χ2n) is 8.37. The Hall–Kier alpha value is -3.51. The van der Waals surface area contributed by atoms with Gasteiger partial charge < -0.3 is 15.4 Å². The second-order valence-corrected chi connectivity index (χ2v) is 10.2. The summed E-state index contributed by atoms with van der Waals surface area (Å²) in [5, 5.41) is 15.2. The van der Waals surface area contributed by atoms with E-state index in [0.717, 1.165) is 12.1 Å². The van der Waals surface area contributed by atoms with Gasteiger partial charge in [-0.25, -0.2) is 17.1 Å². The lowest BCUT2D eigenvalue weighted by Crippen LogP contribution is -2.14. The summed E-state index contributed by atoms with van der Waals surface area (Å²) < 4.78 is 34.7. The summed E-state index contributed by atoms with van der Waals surface area (Å²) in [6, 6.07) is 8.47. The van der Waals surface area contributed by atoms with E-state index in [-0.39, 0.29) is 16.5 Å². The van der Waals surface area contributed by atoms with E-state index < -0.39 is 10.0 Å². The van der Waals surface area contributed by atoms with Crippen molar-refractivity contribution in [2.45, 2.75) is 31.2 Å². The summed E-state index contributed by atoms with van der Waals surface area (Å²) in [7, 11) is -2.23. The lowest BCUT2D eigenvalue weighted by atomic mass is 10.2. The molecule has 0 atom stereocenters. The monoisotopic (exact) mass is 482 g/mol. The number of benzene rings is 1. The van der Waals surface area contributed by atoms with Crippen LogP contribution >= 0.6 is 0 Å². The third-order valence-electron chi connectivity index (χ3n) is 5.65. The van der Waals surface area contributed by atoms with Gasteiger partial charge in [0.1, 0.15) is 5.82 Å². The average Bonchev–Trinajstić information content (AvgIpc) is 3.37. The molecule has 2 N–H and O–H groups in total. The van der Waals surface area contributed by atoms with Gasteiger partial charge in [0.25, 0.3) is 10.0 Å². The largest absolute Gasteiger partial charge is 0.383 e. The topological polar surface area (TPSA) is 129 Å². The molecule has 0 spiro atoms. The van der Waals surface area contributed by atoms with Gasteiger partial charge in [-0.2, -0.15) is 9.97 Å². The van der Waals surface area contributed by atoms with Crippen LogP contribution in [0.5, 0.6) is 0 Å². The Kier molecular flexibility index (Phi) is 5.92. The van der Waals surface area contributed by atoms with Crippen molar-refractivity contribution in [1.82, 2.24) is 28.9 Å². The Morgan fingerprint density at radius 2 is 1.94 bits per heavy atom. The molecule has 12 heteroatoms. The number of ether oxygens (including phenoxy) is 1. The van der Waals surface area contributed by atoms with Crippen LogP contribution < -0.4 is 10.6 Å². The number of hydrogen-bond donors (Lipinski definition) is 2. The maximum absolute atomic E-state index is 13.4. The minimum atomic E-state index is -3.85. The van der Waals surface area contributed by atoms with Crippen molar-refractivity contribution in [3.8, 4) is 0 Å². The van der Waals surface area contributed by atoms with Crippen molar-refractivity contribution in [3.05, 3.63) is 48.3 Å². The predicted molar refractivity (Wildman–Crippen MR) is 128 cm³/mol. The molecular weight excluding hydrogens is 456 g/mol. The van der Waals surface area contributed by atoms with E-state index in [0.29, 0.717) is 36.1 Å². The molecule has 3 aromatic heterocycles. The van der Waals surface area contributed by atoms with Crippen LogP contribution in [0.15, 0.2) is 47.6 Å². The number of nitrogens with one attached hydrogen (secondary N) is 2. The number of aromatic nitrogens is 6. The maximum atomic E-state index is 13.4. The Morgan fingerprint density at radius 3 is 2.68 bits per heavy atom. The van der Waals surface area contributed by atoms with Gasteiger partial charge in [-0.05, 0) is 43.9 Å². The van der Waals surface area contributed by atoms with E-state index in [2.05, 4.69) is 30.9 Å². The quantitative estimate of drug-likeness (QED) is 0.350. The van der Waals surface area contributed by atoms with Gasteiger partial charge in [0.05, 0.1) is 29.6 Å². The van der Waals surface area contributed by atoms with Crippen molar-refractivity contribution in [1.29, 1.82) is 0 Å². The third-order valence-corrected chi connectivity index (χ3v) is 7.33. The van der Waals surface area contributed by atoms with E-state index in [9.17, 15) is 8.42 Å². The number of hydrogen-bond acceptors (Lipinski definition) is 9. The van der Waals surface area contributed by atoms with Gasteiger partial charge in [-0.1, -0.05) is 22.9 Å². The van der Waals surface area contributed by atoms with Crippen molar-refractivity contribution < 1.29 is 13.2 Å². The SMILES string of the molecule is COCCn1cc(Nc2nc(NCC3CC3)c3ccn(S(=O)(=O)c4ccc(C)cc4)c3n2)nn1. The molecule has 5 rings (SSSR count). The van der Waals surface area contributed by atoms with Crippen LogP contribution in [0, 0.1) is 12.8 Å². The molecule has 0 saturated heterocycles. The fourth-order valence-electron chi connectivity index (χ4n) is 3.53. The zero-order valence-corrected chi connectivity index (χ0v) is 19.8. The molecule has 4 aromatic rings. The van der Waals surface area contributed by atoms with Crippen LogP contribution in [-0.4, -0.2) is 57.6 Å². The number of aryl methyl sites for hydroxylation is 1. The molecule has 3 heterocycles. The average molecular weight is 483 g/mol. The first-order valence-electron chi connectivity index (χ1n) is 11.1. The molecule has 0 amide bonds. The normalized spacial score (nSPS) is 13.9. The van der Waals surface area contributed by atoms with Gasteiger partial charge in [-0.15, -0.1) is 5.10 Å². The fourth-order valence-corrected chi connectivity index (χ4v) is 4.82. The number of anilines is 3. The highest BCUT2D eigenvalue weighted by Crippen LogP contribution is 2.31. The fraction of sp³-hybridized carbons (Fsp3) is 0.364. The van der Waals surface area contributed by atoms with E-state index in [1.807, 2.05) is 6.92 Å². The van der Waals surface area contributed by atoms with Crippen molar-refractivity contribution in [2.24, 2.45) is 5.92 Å². The number of methoxy groups -OCH3 is 1. The summed E-state index contributed by atoms with van der Waals surface area (Å²) in [6.45, 7) is 3.74. The summed E-state index contributed by atoms with van der Waals surface area (Å²) in [6.07, 6.45) is 5.59. The summed E-state index contributed by atoms with van der Waals surface area (Å²) in [5.74, 6) is 1.86. The molecule has 178 valence electrons. The zero-order valence-electron chi connectivity index (χ0n) is 19.0. The van der Waals surface area contributed by atoms with Crippen LogP contribution in [0.25, 0.3) is 11.0 Å². The molecule has 0 bridgehead atoms. The minimum Gasteiger partial charge on any atom is -0.383 e. The van der Waals surface area contributed by atoms with Crippen LogP contribution in [0.1, 0.15) is 18.4 Å². The molecule has 34 heavy (non-hydrogen) atoms. The molecule has 1 fully saturated rings. The lowest BCUT2D eigenvalue weighted by Gasteiger charge is -2.11. The molecule has 0 unspecified atom stereocenters. The van der Waals surface area contributed by atoms with Crippen LogP contribution in [0.2, 0.25) is 0 Å². The lowest BCUT2D eigenvalue weighted by molar-refractivity contribution is 0.183. The first kappa shape index (κ1) is 22.3. The van der Waals surface area contributed by atoms with Crippen molar-refractivity contribution in [2.75, 3.05) is 30.9 Å². The van der Waals surface area contributed by atoms with Crippen molar-refractivity contribution >= 4 is 38.6 Å². The molecular formula is C22H26N8O3S. The number of rotatable bonds is 10. The molecule has 1 aliphatic carbocycles. The molecule has 1 aromatic carbocycles. The Balaban J connectivity index is 1.53. The second kappa shape index (κ2) is 9.03. The third kappa shape index (κ3) is 4.59. The van der Waals surface area contributed by atoms with Gasteiger partial charge in [0.15, 0.2) is 11.5 Å². The van der Waals surface area contributed by atoms with Gasteiger partial charge in [0.2, 0.25) is 5.95 Å².